The van der Waals surface area contributed by atoms with Crippen LogP contribution in [0.15, 0.2) is 109 Å². The van der Waals surface area contributed by atoms with Crippen molar-refractivity contribution < 1.29 is 24.2 Å². The van der Waals surface area contributed by atoms with Crippen LogP contribution in [0.5, 0.6) is 11.5 Å². The number of hydrogen-bond acceptors (Lipinski definition) is 4. The maximum atomic E-state index is 14.3. The summed E-state index contributed by atoms with van der Waals surface area (Å²) in [5.41, 5.74) is 1.01. The minimum absolute atomic E-state index is 0.0470. The van der Waals surface area contributed by atoms with Crippen LogP contribution in [0.2, 0.25) is 0 Å². The van der Waals surface area contributed by atoms with Gasteiger partial charge in [0.25, 0.3) is 0 Å². The summed E-state index contributed by atoms with van der Waals surface area (Å²) >= 11 is 0. The Bertz CT molecular complexity index is 1520. The van der Waals surface area contributed by atoms with Crippen molar-refractivity contribution in [3.63, 3.8) is 0 Å². The first-order valence-corrected chi connectivity index (χ1v) is 13.5. The molecule has 0 aliphatic carbocycles. The second kappa shape index (κ2) is 10.5. The molecule has 4 aromatic rings. The van der Waals surface area contributed by atoms with Gasteiger partial charge in [-0.3, -0.25) is 9.69 Å². The molecule has 0 saturated carbocycles. The SMILES string of the molecule is C[C@]1(C(=O)O)CN(C(=O)C(c2ccccc2)c2ccccc2)CCN1C(=O)N1c2ccccc2Oc2ccccc21. The summed E-state index contributed by atoms with van der Waals surface area (Å²) in [4.78, 5) is 45.7. The molecule has 41 heavy (non-hydrogen) atoms. The third-order valence-corrected chi connectivity index (χ3v) is 7.83. The second-order valence-electron chi connectivity index (χ2n) is 10.4. The highest BCUT2D eigenvalue weighted by atomic mass is 16.5. The molecule has 8 nitrogen and oxygen atoms in total. The maximum Gasteiger partial charge on any atom is 0.331 e. The molecule has 2 heterocycles. The van der Waals surface area contributed by atoms with E-state index in [1.54, 1.807) is 41.3 Å². The molecule has 1 N–H and O–H groups in total. The van der Waals surface area contributed by atoms with E-state index in [2.05, 4.69) is 0 Å². The first-order chi connectivity index (χ1) is 19.9. The van der Waals surface area contributed by atoms with Gasteiger partial charge in [-0.15, -0.1) is 0 Å². The summed E-state index contributed by atoms with van der Waals surface area (Å²) in [7, 11) is 0. The molecule has 4 aromatic carbocycles. The molecular formula is C33H29N3O5. The molecule has 206 valence electrons. The highest BCUT2D eigenvalue weighted by molar-refractivity contribution is 6.05. The average molecular weight is 548 g/mol. The van der Waals surface area contributed by atoms with E-state index in [1.165, 1.54) is 16.7 Å². The molecule has 1 fully saturated rings. The number of anilines is 2. The van der Waals surface area contributed by atoms with Crippen LogP contribution in [0.25, 0.3) is 0 Å². The number of nitrogens with zero attached hydrogens (tertiary/aromatic N) is 3. The van der Waals surface area contributed by atoms with Crippen LogP contribution in [-0.2, 0) is 9.59 Å². The van der Waals surface area contributed by atoms with Crippen molar-refractivity contribution in [1.82, 2.24) is 9.80 Å². The predicted molar refractivity (Wildman–Crippen MR) is 155 cm³/mol. The number of urea groups is 1. The number of carbonyl (C=O) groups is 3. The number of carboxylic acid groups (broad SMARTS) is 1. The zero-order chi connectivity index (χ0) is 28.6. The quantitative estimate of drug-likeness (QED) is 0.345. The number of piperazine rings is 1. The molecule has 8 heteroatoms. The van der Waals surface area contributed by atoms with Gasteiger partial charge in [-0.25, -0.2) is 9.59 Å². The van der Waals surface area contributed by atoms with E-state index in [-0.39, 0.29) is 25.5 Å². The fourth-order valence-electron chi connectivity index (χ4n) is 5.66. The van der Waals surface area contributed by atoms with Crippen molar-refractivity contribution in [2.45, 2.75) is 18.4 Å². The lowest BCUT2D eigenvalue weighted by Gasteiger charge is -2.48. The van der Waals surface area contributed by atoms with E-state index in [0.717, 1.165) is 11.1 Å². The number of carboxylic acids is 1. The Morgan fingerprint density at radius 1 is 0.732 bits per heavy atom. The Hall–Kier alpha value is -5.11. The van der Waals surface area contributed by atoms with Crippen LogP contribution in [0.4, 0.5) is 16.2 Å². The smallest absolute Gasteiger partial charge is 0.331 e. The minimum Gasteiger partial charge on any atom is -0.479 e. The van der Waals surface area contributed by atoms with Gasteiger partial charge in [0.15, 0.2) is 17.0 Å². The number of para-hydroxylation sites is 4. The Morgan fingerprint density at radius 2 is 1.22 bits per heavy atom. The molecule has 1 atom stereocenters. The molecule has 0 radical (unpaired) electrons. The lowest BCUT2D eigenvalue weighted by molar-refractivity contribution is -0.155. The highest BCUT2D eigenvalue weighted by Crippen LogP contribution is 2.47. The fourth-order valence-corrected chi connectivity index (χ4v) is 5.66. The first-order valence-electron chi connectivity index (χ1n) is 13.5. The number of amides is 3. The second-order valence-corrected chi connectivity index (χ2v) is 10.4. The van der Waals surface area contributed by atoms with Crippen LogP contribution in [0.3, 0.4) is 0 Å². The Labute approximate surface area is 238 Å². The summed E-state index contributed by atoms with van der Waals surface area (Å²) in [6.45, 7) is 1.59. The molecule has 3 amide bonds. The van der Waals surface area contributed by atoms with Gasteiger partial charge >= 0.3 is 12.0 Å². The fraction of sp³-hybridized carbons (Fsp3) is 0.182. The lowest BCUT2D eigenvalue weighted by atomic mass is 9.88. The van der Waals surface area contributed by atoms with Gasteiger partial charge in [-0.1, -0.05) is 84.9 Å². The van der Waals surface area contributed by atoms with Crippen LogP contribution >= 0.6 is 0 Å². The van der Waals surface area contributed by atoms with Crippen molar-refractivity contribution in [3.8, 4) is 11.5 Å². The number of ether oxygens (including phenoxy) is 1. The predicted octanol–water partition coefficient (Wildman–Crippen LogP) is 5.87. The van der Waals surface area contributed by atoms with Crippen molar-refractivity contribution in [2.75, 3.05) is 24.5 Å². The largest absolute Gasteiger partial charge is 0.479 e. The van der Waals surface area contributed by atoms with Crippen LogP contribution < -0.4 is 9.64 Å². The van der Waals surface area contributed by atoms with Gasteiger partial charge in [0.05, 0.1) is 23.8 Å². The van der Waals surface area contributed by atoms with Gasteiger partial charge in [0.2, 0.25) is 5.91 Å². The normalized spacial score (nSPS) is 17.9. The maximum absolute atomic E-state index is 14.3. The van der Waals surface area contributed by atoms with Gasteiger partial charge in [0, 0.05) is 13.1 Å². The van der Waals surface area contributed by atoms with Crippen LogP contribution in [0.1, 0.15) is 24.0 Å². The molecular weight excluding hydrogens is 518 g/mol. The molecule has 0 aromatic heterocycles. The summed E-state index contributed by atoms with van der Waals surface area (Å²) in [6.07, 6.45) is 0. The standard InChI is InChI=1S/C33H29N3O5/c1-33(31(38)39)22-34(30(37)29(23-12-4-2-5-13-23)24-14-6-3-7-15-24)20-21-35(33)32(40)36-25-16-8-10-18-27(25)41-28-19-11-9-17-26(28)36/h2-19,29H,20-22H2,1H3,(H,38,39)/t33-/m1/s1. The van der Waals surface area contributed by atoms with Gasteiger partial charge in [0.1, 0.15) is 0 Å². The Balaban J connectivity index is 1.34. The molecule has 0 bridgehead atoms. The van der Waals surface area contributed by atoms with Crippen molar-refractivity contribution in [2.24, 2.45) is 0 Å². The molecule has 0 unspecified atom stereocenters. The topological polar surface area (TPSA) is 90.4 Å². The molecule has 2 aliphatic rings. The summed E-state index contributed by atoms with van der Waals surface area (Å²) < 4.78 is 6.02. The number of hydrogen-bond donors (Lipinski definition) is 1. The number of benzene rings is 4. The van der Waals surface area contributed by atoms with Gasteiger partial charge in [-0.2, -0.15) is 0 Å². The van der Waals surface area contributed by atoms with E-state index < -0.39 is 23.5 Å². The van der Waals surface area contributed by atoms with Crippen molar-refractivity contribution >= 4 is 29.3 Å². The van der Waals surface area contributed by atoms with E-state index in [0.29, 0.717) is 22.9 Å². The van der Waals surface area contributed by atoms with Crippen LogP contribution in [0, 0.1) is 0 Å². The van der Waals surface area contributed by atoms with Gasteiger partial charge in [-0.05, 0) is 42.3 Å². The number of aliphatic carboxylic acids is 1. The first kappa shape index (κ1) is 26.1. The van der Waals surface area contributed by atoms with E-state index in [4.69, 9.17) is 4.74 Å². The molecule has 2 aliphatic heterocycles. The lowest BCUT2D eigenvalue weighted by Crippen LogP contribution is -2.68. The number of rotatable bonds is 4. The summed E-state index contributed by atoms with van der Waals surface area (Å²) in [5.74, 6) is -0.994. The summed E-state index contributed by atoms with van der Waals surface area (Å²) in [6, 6.07) is 32.7. The average Bonchev–Trinajstić information content (AvgIpc) is 3.00. The van der Waals surface area contributed by atoms with Gasteiger partial charge < -0.3 is 19.6 Å². The third kappa shape index (κ3) is 4.57. The van der Waals surface area contributed by atoms with E-state index >= 15 is 0 Å². The molecule has 6 rings (SSSR count). The number of carbonyl (C=O) groups excluding carboxylic acids is 2. The third-order valence-electron chi connectivity index (χ3n) is 7.83. The number of fused-ring (bicyclic) bond motifs is 2. The monoisotopic (exact) mass is 547 g/mol. The van der Waals surface area contributed by atoms with E-state index in [9.17, 15) is 19.5 Å². The zero-order valence-corrected chi connectivity index (χ0v) is 22.5. The Morgan fingerprint density at radius 3 is 1.73 bits per heavy atom. The molecule has 0 spiro atoms. The minimum atomic E-state index is -1.68. The zero-order valence-electron chi connectivity index (χ0n) is 22.5. The highest BCUT2D eigenvalue weighted by Gasteiger charge is 2.50. The van der Waals surface area contributed by atoms with E-state index in [1.807, 2.05) is 72.8 Å². The molecule has 1 saturated heterocycles. The van der Waals surface area contributed by atoms with Crippen molar-refractivity contribution in [3.05, 3.63) is 120 Å². The van der Waals surface area contributed by atoms with Crippen molar-refractivity contribution in [1.29, 1.82) is 0 Å². The summed E-state index contributed by atoms with van der Waals surface area (Å²) in [5, 5.41) is 10.5. The Kier molecular flexibility index (Phi) is 6.67. The van der Waals surface area contributed by atoms with Crippen LogP contribution in [-0.4, -0.2) is 58.0 Å².